The first-order valence-corrected chi connectivity index (χ1v) is 6.39. The predicted octanol–water partition coefficient (Wildman–Crippen LogP) is 2.36. The van der Waals surface area contributed by atoms with E-state index in [-0.39, 0.29) is 11.2 Å². The number of hydrogen-bond donors (Lipinski definition) is 2. The fourth-order valence-corrected chi connectivity index (χ4v) is 1.77. The maximum absolute atomic E-state index is 11.7. The number of urea groups is 1. The van der Waals surface area contributed by atoms with Gasteiger partial charge in [-0.05, 0) is 29.8 Å². The molecule has 0 fully saturated rings. The number of aryl methyl sites for hydroxylation is 1. The molecule has 0 aliphatic rings. The summed E-state index contributed by atoms with van der Waals surface area (Å²) in [7, 11) is 1.62. The van der Waals surface area contributed by atoms with Crippen molar-refractivity contribution >= 4 is 23.3 Å². The van der Waals surface area contributed by atoms with E-state index in [1.54, 1.807) is 37.5 Å². The number of benzene rings is 1. The van der Waals surface area contributed by atoms with Crippen molar-refractivity contribution in [1.29, 1.82) is 0 Å². The summed E-state index contributed by atoms with van der Waals surface area (Å²) in [6.07, 6.45) is 1.62. The molecule has 0 aliphatic carbocycles. The van der Waals surface area contributed by atoms with Crippen LogP contribution in [-0.2, 0) is 13.6 Å². The largest absolute Gasteiger partial charge is 0.334 e. The van der Waals surface area contributed by atoms with Gasteiger partial charge in [0.2, 0.25) is 0 Å². The number of rotatable bonds is 3. The normalized spacial score (nSPS) is 10.1. The Bertz CT molecular complexity index is 665. The van der Waals surface area contributed by atoms with Crippen molar-refractivity contribution in [2.45, 2.75) is 6.54 Å². The van der Waals surface area contributed by atoms with Gasteiger partial charge in [-0.1, -0.05) is 23.7 Å². The Labute approximate surface area is 121 Å². The summed E-state index contributed by atoms with van der Waals surface area (Å²) in [5, 5.41) is 5.84. The lowest BCUT2D eigenvalue weighted by atomic mass is 10.2. The van der Waals surface area contributed by atoms with Crippen molar-refractivity contribution in [3.63, 3.8) is 0 Å². The number of hydrogen-bond acceptors (Lipinski definition) is 2. The van der Waals surface area contributed by atoms with Crippen LogP contribution in [0.25, 0.3) is 0 Å². The Morgan fingerprint density at radius 3 is 2.65 bits per heavy atom. The monoisotopic (exact) mass is 291 g/mol. The first-order chi connectivity index (χ1) is 9.56. The van der Waals surface area contributed by atoms with Crippen LogP contribution in [0.15, 0.2) is 47.4 Å². The highest BCUT2D eigenvalue weighted by molar-refractivity contribution is 6.30. The van der Waals surface area contributed by atoms with Gasteiger partial charge in [-0.15, -0.1) is 0 Å². The minimum Gasteiger partial charge on any atom is -0.334 e. The fourth-order valence-electron chi connectivity index (χ4n) is 1.64. The van der Waals surface area contributed by atoms with Crippen LogP contribution in [0.4, 0.5) is 10.5 Å². The van der Waals surface area contributed by atoms with E-state index in [1.165, 1.54) is 4.57 Å². The molecule has 6 heteroatoms. The van der Waals surface area contributed by atoms with E-state index in [1.807, 2.05) is 12.1 Å². The van der Waals surface area contributed by atoms with Crippen LogP contribution < -0.4 is 16.2 Å². The van der Waals surface area contributed by atoms with Crippen LogP contribution in [0.3, 0.4) is 0 Å². The zero-order valence-electron chi connectivity index (χ0n) is 10.9. The van der Waals surface area contributed by atoms with Crippen LogP contribution in [0.1, 0.15) is 5.56 Å². The molecule has 0 atom stereocenters. The highest BCUT2D eigenvalue weighted by atomic mass is 35.5. The van der Waals surface area contributed by atoms with E-state index in [0.717, 1.165) is 5.56 Å². The average Bonchev–Trinajstić information content (AvgIpc) is 2.43. The van der Waals surface area contributed by atoms with Gasteiger partial charge in [0.1, 0.15) is 5.69 Å². The van der Waals surface area contributed by atoms with Gasteiger partial charge in [0.15, 0.2) is 0 Å². The molecule has 2 aromatic rings. The number of carbonyl (C=O) groups excluding carboxylic acids is 1. The summed E-state index contributed by atoms with van der Waals surface area (Å²) >= 11 is 5.78. The molecule has 5 nitrogen and oxygen atoms in total. The van der Waals surface area contributed by atoms with E-state index < -0.39 is 6.03 Å². The molecule has 0 saturated carbocycles. The molecular weight excluding hydrogens is 278 g/mol. The van der Waals surface area contributed by atoms with Gasteiger partial charge in [-0.25, -0.2) is 4.79 Å². The smallest absolute Gasteiger partial charge is 0.319 e. The van der Waals surface area contributed by atoms with Gasteiger partial charge in [0.25, 0.3) is 5.56 Å². The number of nitrogens with one attached hydrogen (secondary N) is 2. The topological polar surface area (TPSA) is 63.1 Å². The molecule has 2 rings (SSSR count). The maximum Gasteiger partial charge on any atom is 0.319 e. The molecule has 0 saturated heterocycles. The third-order valence-electron chi connectivity index (χ3n) is 2.74. The first kappa shape index (κ1) is 14.1. The molecule has 1 aromatic carbocycles. The number of anilines is 1. The number of halogens is 1. The summed E-state index contributed by atoms with van der Waals surface area (Å²) in [6, 6.07) is 9.98. The summed E-state index contributed by atoms with van der Waals surface area (Å²) in [5.74, 6) is 0. The Kier molecular flexibility index (Phi) is 4.42. The van der Waals surface area contributed by atoms with Gasteiger partial charge in [-0.3, -0.25) is 4.79 Å². The second-order valence-electron chi connectivity index (χ2n) is 4.27. The third-order valence-corrected chi connectivity index (χ3v) is 2.99. The van der Waals surface area contributed by atoms with E-state index in [0.29, 0.717) is 11.6 Å². The summed E-state index contributed by atoms with van der Waals surface area (Å²) in [5.41, 5.74) is 0.906. The highest BCUT2D eigenvalue weighted by Crippen LogP contribution is 2.09. The SMILES string of the molecule is Cn1cccc(NC(=O)NCc2ccc(Cl)cc2)c1=O. The van der Waals surface area contributed by atoms with Crippen molar-refractivity contribution < 1.29 is 4.79 Å². The van der Waals surface area contributed by atoms with Crippen molar-refractivity contribution in [2.24, 2.45) is 7.05 Å². The molecule has 104 valence electrons. The van der Waals surface area contributed by atoms with Crippen molar-refractivity contribution in [3.05, 3.63) is 63.5 Å². The molecule has 0 spiro atoms. The van der Waals surface area contributed by atoms with Gasteiger partial charge in [0.05, 0.1) is 0 Å². The number of nitrogens with zero attached hydrogens (tertiary/aromatic N) is 1. The molecule has 1 aromatic heterocycles. The van der Waals surface area contributed by atoms with Gasteiger partial charge >= 0.3 is 6.03 Å². The summed E-state index contributed by atoms with van der Waals surface area (Å²) in [6.45, 7) is 0.357. The zero-order valence-corrected chi connectivity index (χ0v) is 11.6. The van der Waals surface area contributed by atoms with Crippen molar-refractivity contribution in [1.82, 2.24) is 9.88 Å². The standard InChI is InChI=1S/C14H14ClN3O2/c1-18-8-2-3-12(13(18)19)17-14(20)16-9-10-4-6-11(15)7-5-10/h2-8H,9H2,1H3,(H2,16,17,20). The van der Waals surface area contributed by atoms with Crippen LogP contribution in [0, 0.1) is 0 Å². The molecule has 0 radical (unpaired) electrons. The van der Waals surface area contributed by atoms with Crippen LogP contribution in [0.5, 0.6) is 0 Å². The van der Waals surface area contributed by atoms with E-state index in [9.17, 15) is 9.59 Å². The van der Waals surface area contributed by atoms with E-state index >= 15 is 0 Å². The van der Waals surface area contributed by atoms with E-state index in [4.69, 9.17) is 11.6 Å². The minimum absolute atomic E-state index is 0.239. The van der Waals surface area contributed by atoms with Gasteiger partial charge in [-0.2, -0.15) is 0 Å². The number of pyridine rings is 1. The summed E-state index contributed by atoms with van der Waals surface area (Å²) < 4.78 is 1.40. The lowest BCUT2D eigenvalue weighted by Gasteiger charge is -2.08. The second kappa shape index (κ2) is 6.25. The Morgan fingerprint density at radius 1 is 1.25 bits per heavy atom. The quantitative estimate of drug-likeness (QED) is 0.912. The molecule has 20 heavy (non-hydrogen) atoms. The highest BCUT2D eigenvalue weighted by Gasteiger charge is 2.05. The number of amides is 2. The lowest BCUT2D eigenvalue weighted by molar-refractivity contribution is 0.251. The minimum atomic E-state index is -0.428. The van der Waals surface area contributed by atoms with Gasteiger partial charge < -0.3 is 15.2 Å². The van der Waals surface area contributed by atoms with Crippen molar-refractivity contribution in [3.8, 4) is 0 Å². The molecule has 0 aliphatic heterocycles. The third kappa shape index (κ3) is 3.61. The van der Waals surface area contributed by atoms with Crippen LogP contribution in [0.2, 0.25) is 5.02 Å². The van der Waals surface area contributed by atoms with Crippen molar-refractivity contribution in [2.75, 3.05) is 5.32 Å². The molecule has 0 unspecified atom stereocenters. The van der Waals surface area contributed by atoms with Crippen LogP contribution in [-0.4, -0.2) is 10.6 Å². The lowest BCUT2D eigenvalue weighted by Crippen LogP contribution is -2.31. The molecule has 0 bridgehead atoms. The molecule has 2 amide bonds. The van der Waals surface area contributed by atoms with E-state index in [2.05, 4.69) is 10.6 Å². The Hall–Kier alpha value is -2.27. The van der Waals surface area contributed by atoms with Crippen LogP contribution >= 0.6 is 11.6 Å². The second-order valence-corrected chi connectivity index (χ2v) is 4.71. The first-order valence-electron chi connectivity index (χ1n) is 6.01. The fraction of sp³-hybridized carbons (Fsp3) is 0.143. The predicted molar refractivity (Wildman–Crippen MR) is 79.0 cm³/mol. The number of carbonyl (C=O) groups is 1. The number of aromatic nitrogens is 1. The average molecular weight is 292 g/mol. The summed E-state index contributed by atoms with van der Waals surface area (Å²) in [4.78, 5) is 23.4. The molecular formula is C14H14ClN3O2. The molecule has 2 N–H and O–H groups in total. The maximum atomic E-state index is 11.7. The molecule has 1 heterocycles. The Balaban J connectivity index is 1.94. The Morgan fingerprint density at radius 2 is 1.95 bits per heavy atom. The van der Waals surface area contributed by atoms with Gasteiger partial charge in [0, 0.05) is 24.8 Å². The zero-order chi connectivity index (χ0) is 14.5.